The highest BCUT2D eigenvalue weighted by Crippen LogP contribution is 2.16. The molecule has 3 rings (SSSR count). The van der Waals surface area contributed by atoms with E-state index in [1.165, 1.54) is 4.90 Å². The van der Waals surface area contributed by atoms with E-state index in [1.54, 1.807) is 24.5 Å². The molecule has 0 radical (unpaired) electrons. The van der Waals surface area contributed by atoms with Gasteiger partial charge in [0.1, 0.15) is 0 Å². The highest BCUT2D eigenvalue weighted by atomic mass is 16.5. The van der Waals surface area contributed by atoms with Gasteiger partial charge in [0.2, 0.25) is 11.8 Å². The van der Waals surface area contributed by atoms with Crippen LogP contribution in [0.15, 0.2) is 65.9 Å². The molecule has 0 aliphatic rings. The second-order valence-corrected chi connectivity index (χ2v) is 6.49. The number of benzene rings is 1. The Bertz CT molecular complexity index is 983. The first-order chi connectivity index (χ1) is 14.3. The number of ether oxygens (including phenoxy) is 1. The van der Waals surface area contributed by atoms with Gasteiger partial charge < -0.3 is 10.5 Å². The van der Waals surface area contributed by atoms with E-state index < -0.39 is 0 Å². The number of aliphatic imine (C=N–C) groups is 1. The van der Waals surface area contributed by atoms with Crippen molar-refractivity contribution < 1.29 is 4.74 Å². The van der Waals surface area contributed by atoms with Crippen LogP contribution >= 0.6 is 0 Å². The zero-order valence-electron chi connectivity index (χ0n) is 16.2. The average Bonchev–Trinajstić information content (AvgIpc) is 2.76. The van der Waals surface area contributed by atoms with Crippen LogP contribution in [0.2, 0.25) is 0 Å². The molecule has 0 atom stereocenters. The van der Waals surface area contributed by atoms with E-state index in [9.17, 15) is 5.26 Å². The van der Waals surface area contributed by atoms with Crippen molar-refractivity contribution in [3.8, 4) is 12.1 Å². The van der Waals surface area contributed by atoms with Crippen LogP contribution in [-0.4, -0.2) is 29.1 Å². The fraction of sp³-hybridized carbons (Fsp3) is 0.273. The lowest BCUT2D eigenvalue weighted by atomic mass is 10.2. The fourth-order valence-corrected chi connectivity index (χ4v) is 2.87. The van der Waals surface area contributed by atoms with Gasteiger partial charge in [-0.2, -0.15) is 5.26 Å². The number of guanidine groups is 1. The van der Waals surface area contributed by atoms with Crippen LogP contribution in [0, 0.1) is 11.5 Å². The predicted molar refractivity (Wildman–Crippen MR) is 115 cm³/mol. The Morgan fingerprint density at radius 2 is 1.83 bits per heavy atom. The Morgan fingerprint density at radius 1 is 1.03 bits per heavy atom. The maximum absolute atomic E-state index is 9.28. The molecular formula is C22H24N6O. The van der Waals surface area contributed by atoms with Crippen molar-refractivity contribution in [3.05, 3.63) is 60.9 Å². The second kappa shape index (κ2) is 10.6. The third-order valence-corrected chi connectivity index (χ3v) is 4.40. The van der Waals surface area contributed by atoms with Crippen molar-refractivity contribution in [3.63, 3.8) is 0 Å². The molecule has 1 aromatic carbocycles. The van der Waals surface area contributed by atoms with Crippen molar-refractivity contribution in [2.24, 2.45) is 10.7 Å². The van der Waals surface area contributed by atoms with Gasteiger partial charge in [-0.05, 0) is 43.5 Å². The SMILES string of the molecule is N#CN(C(N)=NCCCCCCOc1ccc2ccccc2n1)c1ccncc1. The van der Waals surface area contributed by atoms with Crippen LogP contribution in [0.4, 0.5) is 5.69 Å². The number of fused-ring (bicyclic) bond motifs is 1. The molecule has 2 aromatic heterocycles. The molecule has 7 heteroatoms. The van der Waals surface area contributed by atoms with Gasteiger partial charge in [-0.15, -0.1) is 0 Å². The first-order valence-corrected chi connectivity index (χ1v) is 9.66. The van der Waals surface area contributed by atoms with Crippen LogP contribution in [0.1, 0.15) is 25.7 Å². The summed E-state index contributed by atoms with van der Waals surface area (Å²) in [7, 11) is 0. The van der Waals surface area contributed by atoms with E-state index in [0.717, 1.165) is 36.6 Å². The molecule has 0 saturated heterocycles. The minimum Gasteiger partial charge on any atom is -0.478 e. The molecule has 7 nitrogen and oxygen atoms in total. The van der Waals surface area contributed by atoms with Crippen molar-refractivity contribution in [1.82, 2.24) is 9.97 Å². The lowest BCUT2D eigenvalue weighted by Gasteiger charge is -2.13. The summed E-state index contributed by atoms with van der Waals surface area (Å²) in [4.78, 5) is 14.0. The van der Waals surface area contributed by atoms with E-state index in [1.807, 2.05) is 42.6 Å². The number of hydrogen-bond acceptors (Lipinski definition) is 5. The standard InChI is InChI=1S/C22H24N6O/c23-17-28(19-11-14-25-15-12-19)22(24)26-13-5-1-2-6-16-29-21-10-9-18-7-3-4-8-20(18)27-21/h3-4,7-12,14-15H,1-2,5-6,13,16H2,(H2,24,26). The number of aromatic nitrogens is 2. The molecule has 3 aromatic rings. The number of para-hydroxylation sites is 1. The average molecular weight is 388 g/mol. The van der Waals surface area contributed by atoms with Gasteiger partial charge in [0, 0.05) is 30.4 Å². The first-order valence-electron chi connectivity index (χ1n) is 9.66. The Balaban J connectivity index is 1.33. The van der Waals surface area contributed by atoms with Crippen molar-refractivity contribution in [1.29, 1.82) is 5.26 Å². The van der Waals surface area contributed by atoms with Crippen LogP contribution < -0.4 is 15.4 Å². The van der Waals surface area contributed by atoms with Crippen LogP contribution in [0.5, 0.6) is 5.88 Å². The molecule has 29 heavy (non-hydrogen) atoms. The summed E-state index contributed by atoms with van der Waals surface area (Å²) in [5.74, 6) is 0.859. The van der Waals surface area contributed by atoms with E-state index >= 15 is 0 Å². The van der Waals surface area contributed by atoms with Gasteiger partial charge in [-0.25, -0.2) is 9.88 Å². The van der Waals surface area contributed by atoms with Gasteiger partial charge in [0.15, 0.2) is 6.19 Å². The molecule has 0 saturated carbocycles. The van der Waals surface area contributed by atoms with Crippen molar-refractivity contribution >= 4 is 22.5 Å². The number of pyridine rings is 2. The summed E-state index contributed by atoms with van der Waals surface area (Å²) in [6.45, 7) is 1.23. The van der Waals surface area contributed by atoms with Crippen LogP contribution in [0.25, 0.3) is 10.9 Å². The summed E-state index contributed by atoms with van der Waals surface area (Å²) in [6, 6.07) is 15.4. The lowest BCUT2D eigenvalue weighted by molar-refractivity contribution is 0.294. The maximum atomic E-state index is 9.28. The number of hydrogen-bond donors (Lipinski definition) is 1. The van der Waals surface area contributed by atoms with E-state index in [2.05, 4.69) is 15.0 Å². The predicted octanol–water partition coefficient (Wildman–Crippen LogP) is 3.87. The minimum absolute atomic E-state index is 0.199. The maximum Gasteiger partial charge on any atom is 0.213 e. The topological polar surface area (TPSA) is 100 Å². The summed E-state index contributed by atoms with van der Waals surface area (Å²) in [5.41, 5.74) is 7.53. The number of unbranched alkanes of at least 4 members (excludes halogenated alkanes) is 3. The Morgan fingerprint density at radius 3 is 2.66 bits per heavy atom. The van der Waals surface area contributed by atoms with Gasteiger partial charge in [-0.3, -0.25) is 9.98 Å². The van der Waals surface area contributed by atoms with E-state index in [-0.39, 0.29) is 5.96 Å². The normalized spacial score (nSPS) is 11.2. The number of nitrogens with zero attached hydrogens (tertiary/aromatic N) is 5. The molecule has 2 N–H and O–H groups in total. The molecule has 0 amide bonds. The highest BCUT2D eigenvalue weighted by molar-refractivity contribution is 5.97. The molecule has 0 bridgehead atoms. The first kappa shape index (κ1) is 20.1. The Hall–Kier alpha value is -3.66. The molecule has 0 aliphatic heterocycles. The molecule has 0 spiro atoms. The summed E-state index contributed by atoms with van der Waals surface area (Å²) in [6.07, 6.45) is 9.19. The zero-order valence-corrected chi connectivity index (χ0v) is 16.2. The van der Waals surface area contributed by atoms with Crippen molar-refractivity contribution in [2.75, 3.05) is 18.1 Å². The second-order valence-electron chi connectivity index (χ2n) is 6.49. The number of nitrogens with two attached hydrogens (primary N) is 1. The van der Waals surface area contributed by atoms with E-state index in [0.29, 0.717) is 24.7 Å². The fourth-order valence-electron chi connectivity index (χ4n) is 2.87. The highest BCUT2D eigenvalue weighted by Gasteiger charge is 2.08. The molecule has 0 aliphatic carbocycles. The van der Waals surface area contributed by atoms with E-state index in [4.69, 9.17) is 10.5 Å². The molecular weight excluding hydrogens is 364 g/mol. The largest absolute Gasteiger partial charge is 0.478 e. The minimum atomic E-state index is 0.199. The van der Waals surface area contributed by atoms with Crippen LogP contribution in [-0.2, 0) is 0 Å². The third kappa shape index (κ3) is 5.91. The zero-order chi connectivity index (χ0) is 20.3. The van der Waals surface area contributed by atoms with Gasteiger partial charge in [-0.1, -0.05) is 24.6 Å². The molecule has 0 unspecified atom stereocenters. The smallest absolute Gasteiger partial charge is 0.213 e. The number of nitriles is 1. The summed E-state index contributed by atoms with van der Waals surface area (Å²) < 4.78 is 5.75. The molecule has 148 valence electrons. The van der Waals surface area contributed by atoms with Gasteiger partial charge in [0.25, 0.3) is 0 Å². The monoisotopic (exact) mass is 388 g/mol. The number of anilines is 1. The summed E-state index contributed by atoms with van der Waals surface area (Å²) in [5, 5.41) is 10.4. The van der Waals surface area contributed by atoms with Gasteiger partial charge in [0.05, 0.1) is 17.8 Å². The quantitative estimate of drug-likeness (QED) is 0.196. The van der Waals surface area contributed by atoms with Crippen LogP contribution in [0.3, 0.4) is 0 Å². The molecule has 0 fully saturated rings. The van der Waals surface area contributed by atoms with Crippen molar-refractivity contribution in [2.45, 2.75) is 25.7 Å². The summed E-state index contributed by atoms with van der Waals surface area (Å²) >= 11 is 0. The third-order valence-electron chi connectivity index (χ3n) is 4.40. The lowest BCUT2D eigenvalue weighted by Crippen LogP contribution is -2.33. The Kier molecular flexibility index (Phi) is 7.35. The van der Waals surface area contributed by atoms with Gasteiger partial charge >= 0.3 is 0 Å². The molecule has 2 heterocycles. The number of rotatable bonds is 9. The Labute approximate surface area is 170 Å².